The summed E-state index contributed by atoms with van der Waals surface area (Å²) in [6.45, 7) is 7.12. The minimum Gasteiger partial charge on any atom is -0.341 e. The zero-order chi connectivity index (χ0) is 14.0. The molecule has 0 aliphatic heterocycles. The summed E-state index contributed by atoms with van der Waals surface area (Å²) in [4.78, 5) is 7.62. The van der Waals surface area contributed by atoms with Crippen molar-refractivity contribution in [1.29, 1.82) is 0 Å². The largest absolute Gasteiger partial charge is 0.341 e. The highest BCUT2D eigenvalue weighted by Crippen LogP contribution is 2.25. The van der Waals surface area contributed by atoms with Crippen LogP contribution in [-0.4, -0.2) is 15.5 Å². The van der Waals surface area contributed by atoms with Crippen LogP contribution in [0.4, 0.5) is 0 Å². The number of aromatic nitrogens is 2. The lowest BCUT2D eigenvalue weighted by molar-refractivity contribution is 0.422. The van der Waals surface area contributed by atoms with E-state index in [1.807, 2.05) is 18.3 Å². The second kappa shape index (κ2) is 5.53. The predicted molar refractivity (Wildman–Crippen MR) is 80.6 cm³/mol. The fraction of sp³-hybridized carbons (Fsp3) is 0.357. The molecule has 0 aliphatic rings. The highest BCUT2D eigenvalue weighted by atomic mass is 35.5. The Hall–Kier alpha value is -1.03. The van der Waals surface area contributed by atoms with Gasteiger partial charge >= 0.3 is 0 Å². The van der Waals surface area contributed by atoms with Crippen LogP contribution in [-0.2, 0) is 6.54 Å². The zero-order valence-electron chi connectivity index (χ0n) is 11.2. The lowest BCUT2D eigenvalue weighted by Crippen LogP contribution is -2.35. The van der Waals surface area contributed by atoms with E-state index < -0.39 is 0 Å². The van der Waals surface area contributed by atoms with Gasteiger partial charge in [0.05, 0.1) is 0 Å². The molecular weight excluding hydrogens is 281 g/mol. The molecule has 102 valence electrons. The Morgan fingerprint density at radius 2 is 1.79 bits per heavy atom. The van der Waals surface area contributed by atoms with Crippen molar-refractivity contribution in [3.8, 4) is 11.4 Å². The van der Waals surface area contributed by atoms with Crippen molar-refractivity contribution in [2.45, 2.75) is 32.9 Å². The minimum atomic E-state index is 0.0740. The average molecular weight is 298 g/mol. The second-order valence-corrected chi connectivity index (χ2v) is 6.39. The minimum absolute atomic E-state index is 0.0740. The number of hydrogen-bond donors (Lipinski definition) is 2. The van der Waals surface area contributed by atoms with E-state index in [2.05, 4.69) is 36.1 Å². The first-order chi connectivity index (χ1) is 8.83. The van der Waals surface area contributed by atoms with Crippen LogP contribution in [0.2, 0.25) is 10.0 Å². The molecule has 0 atom stereocenters. The molecule has 0 aliphatic carbocycles. The molecule has 19 heavy (non-hydrogen) atoms. The molecule has 1 aromatic heterocycles. The maximum atomic E-state index is 5.99. The van der Waals surface area contributed by atoms with Gasteiger partial charge in [-0.2, -0.15) is 0 Å². The van der Waals surface area contributed by atoms with Gasteiger partial charge in [-0.25, -0.2) is 4.98 Å². The lowest BCUT2D eigenvalue weighted by Gasteiger charge is -2.19. The highest BCUT2D eigenvalue weighted by Gasteiger charge is 2.10. The number of nitrogens with zero attached hydrogens (tertiary/aromatic N) is 1. The van der Waals surface area contributed by atoms with E-state index in [1.54, 1.807) is 6.07 Å². The van der Waals surface area contributed by atoms with Crippen LogP contribution in [0.15, 0.2) is 24.4 Å². The summed E-state index contributed by atoms with van der Waals surface area (Å²) in [5, 5.41) is 4.61. The van der Waals surface area contributed by atoms with Gasteiger partial charge in [0.25, 0.3) is 0 Å². The molecule has 0 amide bonds. The fourth-order valence-electron chi connectivity index (χ4n) is 1.65. The Morgan fingerprint density at radius 3 is 2.37 bits per heavy atom. The van der Waals surface area contributed by atoms with E-state index in [0.29, 0.717) is 10.0 Å². The van der Waals surface area contributed by atoms with Gasteiger partial charge in [0.1, 0.15) is 5.82 Å². The van der Waals surface area contributed by atoms with Crippen molar-refractivity contribution >= 4 is 23.2 Å². The van der Waals surface area contributed by atoms with Gasteiger partial charge in [0, 0.05) is 39.6 Å². The first-order valence-corrected chi connectivity index (χ1v) is 6.84. The molecule has 1 heterocycles. The van der Waals surface area contributed by atoms with E-state index >= 15 is 0 Å². The molecule has 1 aromatic carbocycles. The quantitative estimate of drug-likeness (QED) is 0.888. The van der Waals surface area contributed by atoms with Crippen LogP contribution >= 0.6 is 23.2 Å². The molecule has 5 heteroatoms. The van der Waals surface area contributed by atoms with E-state index in [9.17, 15) is 0 Å². The standard InChI is InChI=1S/C14H17Cl2N3/c1-14(2,3)18-8-12-7-17-13(19-12)9-4-10(15)6-11(16)5-9/h4-7,18H,8H2,1-3H3,(H,17,19). The predicted octanol–water partition coefficient (Wildman–Crippen LogP) is 4.27. The molecule has 2 rings (SSSR count). The molecular formula is C14H17Cl2N3. The average Bonchev–Trinajstić information content (AvgIpc) is 2.72. The molecule has 0 fully saturated rings. The van der Waals surface area contributed by atoms with Gasteiger partial charge in [0.15, 0.2) is 0 Å². The number of imidazole rings is 1. The van der Waals surface area contributed by atoms with Crippen LogP contribution in [0.3, 0.4) is 0 Å². The third kappa shape index (κ3) is 4.23. The smallest absolute Gasteiger partial charge is 0.137 e. The summed E-state index contributed by atoms with van der Waals surface area (Å²) in [5.41, 5.74) is 1.99. The summed E-state index contributed by atoms with van der Waals surface area (Å²) in [5.74, 6) is 0.773. The summed E-state index contributed by atoms with van der Waals surface area (Å²) in [7, 11) is 0. The Bertz CT molecular complexity index is 550. The topological polar surface area (TPSA) is 40.7 Å². The lowest BCUT2D eigenvalue weighted by atomic mass is 10.1. The maximum absolute atomic E-state index is 5.99. The van der Waals surface area contributed by atoms with Crippen molar-refractivity contribution < 1.29 is 0 Å². The van der Waals surface area contributed by atoms with Crippen molar-refractivity contribution in [1.82, 2.24) is 15.3 Å². The van der Waals surface area contributed by atoms with Crippen LogP contribution in [0, 0.1) is 0 Å². The van der Waals surface area contributed by atoms with Crippen LogP contribution < -0.4 is 5.32 Å². The van der Waals surface area contributed by atoms with Gasteiger partial charge in [0.2, 0.25) is 0 Å². The second-order valence-electron chi connectivity index (χ2n) is 5.52. The first-order valence-electron chi connectivity index (χ1n) is 6.09. The summed E-state index contributed by atoms with van der Waals surface area (Å²) in [6, 6.07) is 5.39. The van der Waals surface area contributed by atoms with Gasteiger partial charge in [-0.1, -0.05) is 23.2 Å². The van der Waals surface area contributed by atoms with Gasteiger partial charge in [-0.3, -0.25) is 0 Å². The SMILES string of the molecule is CC(C)(C)NCc1cnc(-c2cc(Cl)cc(Cl)c2)[nH]1. The van der Waals surface area contributed by atoms with E-state index in [4.69, 9.17) is 23.2 Å². The molecule has 3 nitrogen and oxygen atoms in total. The summed E-state index contributed by atoms with van der Waals surface area (Å²) >= 11 is 12.0. The molecule has 0 spiro atoms. The van der Waals surface area contributed by atoms with E-state index in [1.165, 1.54) is 0 Å². The van der Waals surface area contributed by atoms with Gasteiger partial charge in [-0.15, -0.1) is 0 Å². The summed E-state index contributed by atoms with van der Waals surface area (Å²) < 4.78 is 0. The van der Waals surface area contributed by atoms with Crippen LogP contribution in [0.1, 0.15) is 26.5 Å². The molecule has 0 unspecified atom stereocenters. The monoisotopic (exact) mass is 297 g/mol. The number of halogens is 2. The Labute approximate surface area is 123 Å². The number of benzene rings is 1. The third-order valence-corrected chi connectivity index (χ3v) is 3.01. The van der Waals surface area contributed by atoms with Gasteiger partial charge in [-0.05, 0) is 39.0 Å². The molecule has 0 saturated carbocycles. The van der Waals surface area contributed by atoms with Crippen LogP contribution in [0.5, 0.6) is 0 Å². The number of H-pyrrole nitrogens is 1. The van der Waals surface area contributed by atoms with Gasteiger partial charge < -0.3 is 10.3 Å². The highest BCUT2D eigenvalue weighted by molar-refractivity contribution is 6.35. The number of rotatable bonds is 3. The molecule has 0 saturated heterocycles. The van der Waals surface area contributed by atoms with Crippen molar-refractivity contribution in [2.24, 2.45) is 0 Å². The first kappa shape index (κ1) is 14.4. The Balaban J connectivity index is 2.16. The molecule has 0 bridgehead atoms. The normalized spacial score (nSPS) is 11.8. The number of nitrogens with one attached hydrogen (secondary N) is 2. The van der Waals surface area contributed by atoms with Crippen molar-refractivity contribution in [2.75, 3.05) is 0 Å². The maximum Gasteiger partial charge on any atom is 0.137 e. The molecule has 0 radical (unpaired) electrons. The van der Waals surface area contributed by atoms with Crippen LogP contribution in [0.25, 0.3) is 11.4 Å². The Kier molecular flexibility index (Phi) is 4.19. The van der Waals surface area contributed by atoms with E-state index in [0.717, 1.165) is 23.6 Å². The van der Waals surface area contributed by atoms with E-state index in [-0.39, 0.29) is 5.54 Å². The number of aromatic amines is 1. The van der Waals surface area contributed by atoms with Crippen molar-refractivity contribution in [3.05, 3.63) is 40.1 Å². The molecule has 2 N–H and O–H groups in total. The fourth-order valence-corrected chi connectivity index (χ4v) is 2.17. The molecule has 2 aromatic rings. The zero-order valence-corrected chi connectivity index (χ0v) is 12.7. The number of hydrogen-bond acceptors (Lipinski definition) is 2. The van der Waals surface area contributed by atoms with Crippen molar-refractivity contribution in [3.63, 3.8) is 0 Å². The Morgan fingerprint density at radius 1 is 1.16 bits per heavy atom. The summed E-state index contributed by atoms with van der Waals surface area (Å²) in [6.07, 6.45) is 1.82. The third-order valence-electron chi connectivity index (χ3n) is 2.57.